The van der Waals surface area contributed by atoms with E-state index < -0.39 is 0 Å². The zero-order chi connectivity index (χ0) is 6.57. The number of halogens is 1. The largest absolute Gasteiger partial charge is 0.299 e. The SMILES string of the molecule is [CH2]CC(=O)C(C)CCl. The van der Waals surface area contributed by atoms with Gasteiger partial charge in [-0.15, -0.1) is 11.6 Å². The molecule has 0 aliphatic heterocycles. The average Bonchev–Trinajstić information content (AvgIpc) is 1.84. The highest BCUT2D eigenvalue weighted by Crippen LogP contribution is 2.01. The first kappa shape index (κ1) is 7.96. The Kier molecular flexibility index (Phi) is 3.88. The van der Waals surface area contributed by atoms with E-state index in [0.717, 1.165) is 0 Å². The van der Waals surface area contributed by atoms with E-state index in [1.54, 1.807) is 6.92 Å². The summed E-state index contributed by atoms with van der Waals surface area (Å²) in [5, 5.41) is 0. The summed E-state index contributed by atoms with van der Waals surface area (Å²) in [6, 6.07) is 0. The number of ketones is 1. The van der Waals surface area contributed by atoms with Crippen molar-refractivity contribution in [3.63, 3.8) is 0 Å². The molecule has 0 saturated carbocycles. The maximum atomic E-state index is 10.6. The molecule has 1 atom stereocenters. The van der Waals surface area contributed by atoms with Crippen molar-refractivity contribution in [3.05, 3.63) is 6.92 Å². The summed E-state index contributed by atoms with van der Waals surface area (Å²) in [6.45, 7) is 5.25. The minimum atomic E-state index is -0.0193. The predicted octanol–water partition coefficient (Wildman–Crippen LogP) is 1.65. The molecule has 0 saturated heterocycles. The van der Waals surface area contributed by atoms with Gasteiger partial charge in [0.2, 0.25) is 0 Å². The first-order valence-electron chi connectivity index (χ1n) is 2.60. The fraction of sp³-hybridized carbons (Fsp3) is 0.667. The minimum Gasteiger partial charge on any atom is -0.299 e. The number of rotatable bonds is 3. The molecule has 0 fully saturated rings. The lowest BCUT2D eigenvalue weighted by Gasteiger charge is -2.00. The molecule has 1 unspecified atom stereocenters. The van der Waals surface area contributed by atoms with Crippen LogP contribution in [0.2, 0.25) is 0 Å². The Morgan fingerprint density at radius 1 is 1.88 bits per heavy atom. The summed E-state index contributed by atoms with van der Waals surface area (Å²) in [5.74, 6) is 0.531. The van der Waals surface area contributed by atoms with Gasteiger partial charge in [0.05, 0.1) is 0 Å². The lowest BCUT2D eigenvalue weighted by molar-refractivity contribution is -0.120. The monoisotopic (exact) mass is 133 g/mol. The van der Waals surface area contributed by atoms with Crippen LogP contribution < -0.4 is 0 Å². The second-order valence-corrected chi connectivity index (χ2v) is 2.08. The summed E-state index contributed by atoms with van der Waals surface area (Å²) in [5.41, 5.74) is 0. The Bertz CT molecular complexity index is 80.6. The van der Waals surface area contributed by atoms with Crippen LogP contribution in [-0.2, 0) is 4.79 Å². The molecule has 0 aromatic heterocycles. The third-order valence-electron chi connectivity index (χ3n) is 1.03. The van der Waals surface area contributed by atoms with Gasteiger partial charge in [0.25, 0.3) is 0 Å². The molecule has 0 aromatic carbocycles. The van der Waals surface area contributed by atoms with E-state index in [1.165, 1.54) is 0 Å². The zero-order valence-corrected chi connectivity index (χ0v) is 5.74. The van der Waals surface area contributed by atoms with Crippen molar-refractivity contribution in [1.29, 1.82) is 0 Å². The number of hydrogen-bond acceptors (Lipinski definition) is 1. The second kappa shape index (κ2) is 3.90. The molecule has 0 aromatic rings. The summed E-state index contributed by atoms with van der Waals surface area (Å²) in [4.78, 5) is 10.6. The maximum Gasteiger partial charge on any atom is 0.136 e. The van der Waals surface area contributed by atoms with Crippen LogP contribution in [0.25, 0.3) is 0 Å². The molecule has 0 amide bonds. The molecule has 0 bridgehead atoms. The molecule has 0 heterocycles. The molecule has 47 valence electrons. The van der Waals surface area contributed by atoms with E-state index in [0.29, 0.717) is 12.3 Å². The van der Waals surface area contributed by atoms with Crippen molar-refractivity contribution in [1.82, 2.24) is 0 Å². The van der Waals surface area contributed by atoms with Gasteiger partial charge in [-0.05, 0) is 6.92 Å². The Balaban J connectivity index is 3.46. The highest BCUT2D eigenvalue weighted by atomic mass is 35.5. The van der Waals surface area contributed by atoms with Crippen molar-refractivity contribution in [2.75, 3.05) is 5.88 Å². The first-order valence-corrected chi connectivity index (χ1v) is 3.13. The van der Waals surface area contributed by atoms with Crippen LogP contribution in [0.15, 0.2) is 0 Å². The molecule has 2 heteroatoms. The molecular formula is C6H10ClO. The van der Waals surface area contributed by atoms with Crippen LogP contribution in [0.5, 0.6) is 0 Å². The van der Waals surface area contributed by atoms with Crippen molar-refractivity contribution in [3.8, 4) is 0 Å². The van der Waals surface area contributed by atoms with Crippen LogP contribution in [0.1, 0.15) is 13.3 Å². The van der Waals surface area contributed by atoms with Gasteiger partial charge in [0.1, 0.15) is 5.78 Å². The van der Waals surface area contributed by atoms with Crippen LogP contribution in [0.4, 0.5) is 0 Å². The van der Waals surface area contributed by atoms with Crippen LogP contribution in [0.3, 0.4) is 0 Å². The molecule has 0 aliphatic carbocycles. The Morgan fingerprint density at radius 2 is 2.38 bits per heavy atom. The molecule has 1 nitrogen and oxygen atoms in total. The summed E-state index contributed by atoms with van der Waals surface area (Å²) in [7, 11) is 0. The summed E-state index contributed by atoms with van der Waals surface area (Å²) >= 11 is 5.38. The van der Waals surface area contributed by atoms with Crippen molar-refractivity contribution < 1.29 is 4.79 Å². The van der Waals surface area contributed by atoms with E-state index in [4.69, 9.17) is 11.6 Å². The van der Waals surface area contributed by atoms with Crippen molar-refractivity contribution in [2.24, 2.45) is 5.92 Å². The van der Waals surface area contributed by atoms with Crippen LogP contribution in [-0.4, -0.2) is 11.7 Å². The number of hydrogen-bond donors (Lipinski definition) is 0. The van der Waals surface area contributed by atoms with Crippen molar-refractivity contribution in [2.45, 2.75) is 13.3 Å². The van der Waals surface area contributed by atoms with Gasteiger partial charge in [0.15, 0.2) is 0 Å². The Hall–Kier alpha value is -0.0400. The highest BCUT2D eigenvalue weighted by molar-refractivity contribution is 6.19. The molecule has 0 rings (SSSR count). The zero-order valence-electron chi connectivity index (χ0n) is 4.98. The fourth-order valence-electron chi connectivity index (χ4n) is 0.332. The van der Waals surface area contributed by atoms with Gasteiger partial charge >= 0.3 is 0 Å². The molecule has 1 radical (unpaired) electrons. The highest BCUT2D eigenvalue weighted by Gasteiger charge is 2.07. The fourth-order valence-corrected chi connectivity index (χ4v) is 0.505. The number of carbonyl (C=O) groups excluding carboxylic acids is 1. The third kappa shape index (κ3) is 2.31. The second-order valence-electron chi connectivity index (χ2n) is 1.77. The quantitative estimate of drug-likeness (QED) is 0.535. The standard InChI is InChI=1S/C6H10ClO/c1-3-6(8)5(2)4-7/h5H,1,3-4H2,2H3. The van der Waals surface area contributed by atoms with Gasteiger partial charge in [-0.3, -0.25) is 4.79 Å². The molecule has 0 aliphatic rings. The lowest BCUT2D eigenvalue weighted by atomic mass is 10.1. The lowest BCUT2D eigenvalue weighted by Crippen LogP contribution is -2.10. The van der Waals surface area contributed by atoms with Crippen LogP contribution >= 0.6 is 11.6 Å². The first-order chi connectivity index (χ1) is 3.72. The molecule has 8 heavy (non-hydrogen) atoms. The van der Waals surface area contributed by atoms with Gasteiger partial charge in [-0.1, -0.05) is 6.92 Å². The van der Waals surface area contributed by atoms with E-state index in [2.05, 4.69) is 6.92 Å². The normalized spacial score (nSPS) is 13.4. The van der Waals surface area contributed by atoms with E-state index in [9.17, 15) is 4.79 Å². The molecular weight excluding hydrogens is 124 g/mol. The topological polar surface area (TPSA) is 17.1 Å². The smallest absolute Gasteiger partial charge is 0.136 e. The number of Topliss-reactive ketones (excluding diaryl/α,β-unsaturated/α-hetero) is 1. The van der Waals surface area contributed by atoms with Gasteiger partial charge in [-0.25, -0.2) is 0 Å². The Labute approximate surface area is 55.0 Å². The van der Waals surface area contributed by atoms with Gasteiger partial charge in [-0.2, -0.15) is 0 Å². The summed E-state index contributed by atoms with van der Waals surface area (Å²) in [6.07, 6.45) is 0.355. The van der Waals surface area contributed by atoms with E-state index in [1.807, 2.05) is 0 Å². The van der Waals surface area contributed by atoms with Gasteiger partial charge < -0.3 is 0 Å². The average molecular weight is 134 g/mol. The Morgan fingerprint density at radius 3 is 2.50 bits per heavy atom. The maximum absolute atomic E-state index is 10.6. The minimum absolute atomic E-state index is 0.0193. The summed E-state index contributed by atoms with van der Waals surface area (Å²) < 4.78 is 0. The number of carbonyl (C=O) groups is 1. The number of alkyl halides is 1. The van der Waals surface area contributed by atoms with Gasteiger partial charge in [0, 0.05) is 18.2 Å². The van der Waals surface area contributed by atoms with E-state index in [-0.39, 0.29) is 11.7 Å². The van der Waals surface area contributed by atoms with E-state index >= 15 is 0 Å². The van der Waals surface area contributed by atoms with Crippen molar-refractivity contribution >= 4 is 17.4 Å². The van der Waals surface area contributed by atoms with Crippen LogP contribution in [0, 0.1) is 12.8 Å². The molecule has 0 N–H and O–H groups in total. The molecule has 0 spiro atoms. The third-order valence-corrected chi connectivity index (χ3v) is 1.49. The predicted molar refractivity (Wildman–Crippen MR) is 34.9 cm³/mol.